The summed E-state index contributed by atoms with van der Waals surface area (Å²) in [4.78, 5) is 0. The first kappa shape index (κ1) is 10.4. The van der Waals surface area contributed by atoms with Crippen LogP contribution in [0.25, 0.3) is 0 Å². The van der Waals surface area contributed by atoms with Gasteiger partial charge in [0.1, 0.15) is 0 Å². The second-order valence-corrected chi connectivity index (χ2v) is 3.94. The molecule has 1 aliphatic carbocycles. The van der Waals surface area contributed by atoms with E-state index in [0.29, 0.717) is 0 Å². The van der Waals surface area contributed by atoms with Gasteiger partial charge in [0.25, 0.3) is 0 Å². The van der Waals surface area contributed by atoms with Gasteiger partial charge < -0.3 is 10.8 Å². The summed E-state index contributed by atoms with van der Waals surface area (Å²) in [5.41, 5.74) is 4.60. The molecule has 0 bridgehead atoms. The van der Waals surface area contributed by atoms with Crippen molar-refractivity contribution < 1.29 is 18.3 Å². The summed E-state index contributed by atoms with van der Waals surface area (Å²) in [6.45, 7) is 0. The van der Waals surface area contributed by atoms with Gasteiger partial charge in [0, 0.05) is 11.1 Å². The van der Waals surface area contributed by atoms with E-state index in [-0.39, 0.29) is 18.4 Å². The van der Waals surface area contributed by atoms with Gasteiger partial charge in [-0.3, -0.25) is 0 Å². The van der Waals surface area contributed by atoms with E-state index in [2.05, 4.69) is 0 Å². The van der Waals surface area contributed by atoms with Crippen molar-refractivity contribution in [3.63, 3.8) is 0 Å². The Kier molecular flexibility index (Phi) is 2.24. The van der Waals surface area contributed by atoms with Gasteiger partial charge in [0.2, 0.25) is 0 Å². The predicted molar refractivity (Wildman–Crippen MR) is 47.4 cm³/mol. The number of hydrogen-bond acceptors (Lipinski definition) is 2. The lowest BCUT2D eigenvalue weighted by Crippen LogP contribution is -2.52. The van der Waals surface area contributed by atoms with Gasteiger partial charge in [0.15, 0.2) is 17.5 Å². The molecule has 0 atom stereocenters. The van der Waals surface area contributed by atoms with E-state index in [1.807, 2.05) is 0 Å². The van der Waals surface area contributed by atoms with Crippen molar-refractivity contribution in [2.24, 2.45) is 5.73 Å². The van der Waals surface area contributed by atoms with Crippen LogP contribution in [0.5, 0.6) is 0 Å². The van der Waals surface area contributed by atoms with Crippen molar-refractivity contribution in [1.82, 2.24) is 0 Å². The molecule has 0 radical (unpaired) electrons. The lowest BCUT2D eigenvalue weighted by molar-refractivity contribution is 0.0189. The molecule has 2 nitrogen and oxygen atoms in total. The first-order chi connectivity index (χ1) is 6.94. The Labute approximate surface area is 84.5 Å². The third-order valence-electron chi connectivity index (χ3n) is 2.77. The van der Waals surface area contributed by atoms with E-state index in [1.54, 1.807) is 0 Å². The number of hydrogen-bond donors (Lipinski definition) is 2. The normalized spacial score (nSPS) is 30.1. The molecule has 5 heteroatoms. The third-order valence-corrected chi connectivity index (χ3v) is 2.77. The molecule has 1 saturated carbocycles. The molecule has 1 aromatic carbocycles. The van der Waals surface area contributed by atoms with Crippen LogP contribution in [0.3, 0.4) is 0 Å². The standard InChI is InChI=1S/C10H10F3NO/c11-7-2-1-6(8(12)9(7)13)10(14)3-5(15)4-10/h1-2,5,15H,3-4,14H2. The van der Waals surface area contributed by atoms with Gasteiger partial charge in [-0.25, -0.2) is 13.2 Å². The van der Waals surface area contributed by atoms with Crippen molar-refractivity contribution >= 4 is 0 Å². The number of nitrogens with two attached hydrogens (primary N) is 1. The lowest BCUT2D eigenvalue weighted by Gasteiger charge is -2.42. The van der Waals surface area contributed by atoms with E-state index in [9.17, 15) is 13.2 Å². The van der Waals surface area contributed by atoms with Crippen molar-refractivity contribution in [1.29, 1.82) is 0 Å². The Balaban J connectivity index is 2.42. The molecule has 0 aliphatic heterocycles. The van der Waals surface area contributed by atoms with E-state index in [0.717, 1.165) is 12.1 Å². The second-order valence-electron chi connectivity index (χ2n) is 3.94. The Morgan fingerprint density at radius 3 is 2.33 bits per heavy atom. The predicted octanol–water partition coefficient (Wildman–Crippen LogP) is 1.41. The highest BCUT2D eigenvalue weighted by Gasteiger charge is 2.43. The Morgan fingerprint density at radius 1 is 1.20 bits per heavy atom. The van der Waals surface area contributed by atoms with E-state index >= 15 is 0 Å². The summed E-state index contributed by atoms with van der Waals surface area (Å²) < 4.78 is 38.9. The fourth-order valence-electron chi connectivity index (χ4n) is 1.91. The Bertz CT molecular complexity index is 402. The Hall–Kier alpha value is -1.07. The van der Waals surface area contributed by atoms with Gasteiger partial charge >= 0.3 is 0 Å². The smallest absolute Gasteiger partial charge is 0.194 e. The summed E-state index contributed by atoms with van der Waals surface area (Å²) in [7, 11) is 0. The highest BCUT2D eigenvalue weighted by atomic mass is 19.2. The molecule has 1 aromatic rings. The maximum absolute atomic E-state index is 13.3. The number of benzene rings is 1. The molecule has 2 rings (SSSR count). The third kappa shape index (κ3) is 1.52. The van der Waals surface area contributed by atoms with Crippen LogP contribution in [0.2, 0.25) is 0 Å². The van der Waals surface area contributed by atoms with Gasteiger partial charge in [-0.05, 0) is 18.9 Å². The number of aliphatic hydroxyl groups excluding tert-OH is 1. The topological polar surface area (TPSA) is 46.2 Å². The minimum atomic E-state index is -1.52. The molecule has 0 spiro atoms. The molecular weight excluding hydrogens is 207 g/mol. The summed E-state index contributed by atoms with van der Waals surface area (Å²) in [6, 6.07) is 1.96. The molecule has 1 fully saturated rings. The van der Waals surface area contributed by atoms with Crippen molar-refractivity contribution in [2.75, 3.05) is 0 Å². The van der Waals surface area contributed by atoms with Crippen LogP contribution < -0.4 is 5.73 Å². The van der Waals surface area contributed by atoms with Crippen LogP contribution in [-0.4, -0.2) is 11.2 Å². The average Bonchev–Trinajstić information content (AvgIpc) is 2.12. The van der Waals surface area contributed by atoms with E-state index in [1.165, 1.54) is 0 Å². The molecule has 82 valence electrons. The quantitative estimate of drug-likeness (QED) is 0.699. The molecule has 1 aliphatic rings. The molecule has 0 aromatic heterocycles. The largest absolute Gasteiger partial charge is 0.393 e. The van der Waals surface area contributed by atoms with Crippen LogP contribution in [0, 0.1) is 17.5 Å². The average molecular weight is 217 g/mol. The molecule has 0 unspecified atom stereocenters. The van der Waals surface area contributed by atoms with E-state index in [4.69, 9.17) is 10.8 Å². The molecule has 15 heavy (non-hydrogen) atoms. The summed E-state index contributed by atoms with van der Waals surface area (Å²) in [5, 5.41) is 9.09. The molecule has 0 amide bonds. The van der Waals surface area contributed by atoms with Gasteiger partial charge in [-0.15, -0.1) is 0 Å². The Morgan fingerprint density at radius 2 is 1.80 bits per heavy atom. The first-order valence-electron chi connectivity index (χ1n) is 4.55. The summed E-state index contributed by atoms with van der Waals surface area (Å²) >= 11 is 0. The van der Waals surface area contributed by atoms with Crippen molar-refractivity contribution in [2.45, 2.75) is 24.5 Å². The zero-order valence-electron chi connectivity index (χ0n) is 7.80. The molecular formula is C10H10F3NO. The molecule has 0 saturated heterocycles. The van der Waals surface area contributed by atoms with Crippen molar-refractivity contribution in [3.8, 4) is 0 Å². The zero-order chi connectivity index (χ0) is 11.2. The highest BCUT2D eigenvalue weighted by molar-refractivity contribution is 5.30. The minimum absolute atomic E-state index is 0.0771. The highest BCUT2D eigenvalue weighted by Crippen LogP contribution is 2.40. The summed E-state index contributed by atoms with van der Waals surface area (Å²) in [6.07, 6.45) is -0.271. The SMILES string of the molecule is NC1(c2ccc(F)c(F)c2F)CC(O)C1. The van der Waals surface area contributed by atoms with Gasteiger partial charge in [-0.2, -0.15) is 0 Å². The molecule has 0 heterocycles. The number of rotatable bonds is 1. The van der Waals surface area contributed by atoms with Crippen LogP contribution in [0.15, 0.2) is 12.1 Å². The van der Waals surface area contributed by atoms with Crippen LogP contribution in [0.1, 0.15) is 18.4 Å². The maximum Gasteiger partial charge on any atom is 0.194 e. The zero-order valence-corrected chi connectivity index (χ0v) is 7.80. The maximum atomic E-state index is 13.3. The minimum Gasteiger partial charge on any atom is -0.393 e. The second kappa shape index (κ2) is 3.21. The van der Waals surface area contributed by atoms with Gasteiger partial charge in [-0.1, -0.05) is 6.07 Å². The van der Waals surface area contributed by atoms with Gasteiger partial charge in [0.05, 0.1) is 6.10 Å². The molecule has 3 N–H and O–H groups in total. The van der Waals surface area contributed by atoms with Crippen LogP contribution >= 0.6 is 0 Å². The fourth-order valence-corrected chi connectivity index (χ4v) is 1.91. The number of halogens is 3. The lowest BCUT2D eigenvalue weighted by atomic mass is 9.70. The first-order valence-corrected chi connectivity index (χ1v) is 4.55. The van der Waals surface area contributed by atoms with E-state index < -0.39 is 29.1 Å². The summed E-state index contributed by atoms with van der Waals surface area (Å²) in [5.74, 6) is -4.01. The fraction of sp³-hybridized carbons (Fsp3) is 0.400. The monoisotopic (exact) mass is 217 g/mol. The van der Waals surface area contributed by atoms with Crippen LogP contribution in [0.4, 0.5) is 13.2 Å². The van der Waals surface area contributed by atoms with Crippen molar-refractivity contribution in [3.05, 3.63) is 35.1 Å². The number of aliphatic hydroxyl groups is 1. The van der Waals surface area contributed by atoms with Crippen LogP contribution in [-0.2, 0) is 5.54 Å².